The normalized spacial score (nSPS) is 18.0. The lowest BCUT2D eigenvalue weighted by atomic mass is 10.2. The van der Waals surface area contributed by atoms with E-state index < -0.39 is 0 Å². The third-order valence-corrected chi connectivity index (χ3v) is 3.57. The van der Waals surface area contributed by atoms with Crippen LogP contribution in [0.15, 0.2) is 30.6 Å². The third-order valence-electron chi connectivity index (χ3n) is 3.57. The number of aromatic hydroxyl groups is 1. The van der Waals surface area contributed by atoms with Crippen LogP contribution in [0.25, 0.3) is 0 Å². The van der Waals surface area contributed by atoms with Crippen LogP contribution in [-0.4, -0.2) is 27.6 Å². The van der Waals surface area contributed by atoms with E-state index in [9.17, 15) is 9.50 Å². The maximum Gasteiger partial charge on any atom is 0.123 e. The molecule has 3 rings (SSSR count). The predicted octanol–water partition coefficient (Wildman–Crippen LogP) is 2.52. The molecule has 6 heteroatoms. The predicted molar refractivity (Wildman–Crippen MR) is 76.6 cm³/mol. The van der Waals surface area contributed by atoms with E-state index >= 15 is 0 Å². The number of aromatic nitrogens is 2. The van der Waals surface area contributed by atoms with Crippen molar-refractivity contribution in [3.05, 3.63) is 42.0 Å². The Morgan fingerprint density at radius 3 is 3.19 bits per heavy atom. The largest absolute Gasteiger partial charge is 0.508 e. The van der Waals surface area contributed by atoms with Crippen molar-refractivity contribution in [2.75, 3.05) is 11.9 Å². The van der Waals surface area contributed by atoms with Crippen molar-refractivity contribution in [2.24, 2.45) is 0 Å². The minimum Gasteiger partial charge on any atom is -0.508 e. The molecule has 0 saturated carbocycles. The molecule has 0 radical (unpaired) electrons. The van der Waals surface area contributed by atoms with E-state index in [-0.39, 0.29) is 17.7 Å². The van der Waals surface area contributed by atoms with Crippen LogP contribution in [0.3, 0.4) is 0 Å². The second-order valence-electron chi connectivity index (χ2n) is 5.21. The first-order valence-corrected chi connectivity index (χ1v) is 7.06. The van der Waals surface area contributed by atoms with Gasteiger partial charge in [-0.05, 0) is 31.0 Å². The average Bonchev–Trinajstić information content (AvgIpc) is 3.12. The third kappa shape index (κ3) is 3.52. The fourth-order valence-corrected chi connectivity index (χ4v) is 2.44. The molecule has 0 amide bonds. The molecule has 1 aromatic heterocycles. The van der Waals surface area contributed by atoms with Gasteiger partial charge < -0.3 is 15.2 Å². The molecule has 1 unspecified atom stereocenters. The van der Waals surface area contributed by atoms with Gasteiger partial charge in [0.15, 0.2) is 0 Å². The summed E-state index contributed by atoms with van der Waals surface area (Å²) >= 11 is 0. The Morgan fingerprint density at radius 1 is 1.48 bits per heavy atom. The van der Waals surface area contributed by atoms with Crippen LogP contribution in [0.5, 0.6) is 5.75 Å². The molecule has 21 heavy (non-hydrogen) atoms. The molecule has 0 bridgehead atoms. The molecule has 5 nitrogen and oxygen atoms in total. The monoisotopic (exact) mass is 291 g/mol. The highest BCUT2D eigenvalue weighted by Gasteiger charge is 2.16. The van der Waals surface area contributed by atoms with Crippen molar-refractivity contribution in [1.29, 1.82) is 0 Å². The maximum absolute atomic E-state index is 13.1. The zero-order valence-corrected chi connectivity index (χ0v) is 11.6. The number of benzene rings is 1. The molecular formula is C15H18FN3O2. The minimum atomic E-state index is -0.362. The van der Waals surface area contributed by atoms with Crippen molar-refractivity contribution in [1.82, 2.24) is 9.78 Å². The minimum absolute atomic E-state index is 0.0793. The van der Waals surface area contributed by atoms with Crippen molar-refractivity contribution in [3.63, 3.8) is 0 Å². The van der Waals surface area contributed by atoms with Gasteiger partial charge in [-0.25, -0.2) is 4.39 Å². The van der Waals surface area contributed by atoms with Gasteiger partial charge in [-0.15, -0.1) is 0 Å². The number of hydrogen-bond acceptors (Lipinski definition) is 4. The van der Waals surface area contributed by atoms with Gasteiger partial charge >= 0.3 is 0 Å². The summed E-state index contributed by atoms with van der Waals surface area (Å²) in [5.74, 6) is -0.283. The highest BCUT2D eigenvalue weighted by atomic mass is 19.1. The highest BCUT2D eigenvalue weighted by molar-refractivity contribution is 5.41. The number of rotatable bonds is 5. The summed E-state index contributed by atoms with van der Waals surface area (Å²) in [5.41, 5.74) is 1.35. The number of halogens is 1. The fraction of sp³-hybridized carbons (Fsp3) is 0.400. The quantitative estimate of drug-likeness (QED) is 0.888. The van der Waals surface area contributed by atoms with Crippen molar-refractivity contribution in [2.45, 2.75) is 32.0 Å². The van der Waals surface area contributed by atoms with Gasteiger partial charge in [0, 0.05) is 24.9 Å². The number of nitrogens with zero attached hydrogens (tertiary/aromatic N) is 2. The first kappa shape index (κ1) is 13.9. The average molecular weight is 291 g/mol. The lowest BCUT2D eigenvalue weighted by Crippen LogP contribution is -2.15. The van der Waals surface area contributed by atoms with Gasteiger partial charge in [0.1, 0.15) is 11.6 Å². The molecule has 1 fully saturated rings. The molecule has 0 spiro atoms. The van der Waals surface area contributed by atoms with Crippen LogP contribution in [0.4, 0.5) is 10.1 Å². The van der Waals surface area contributed by atoms with Crippen molar-refractivity contribution < 1.29 is 14.2 Å². The second-order valence-corrected chi connectivity index (χ2v) is 5.21. The molecule has 1 aromatic carbocycles. The Labute approximate surface area is 122 Å². The maximum atomic E-state index is 13.1. The molecule has 2 aromatic rings. The van der Waals surface area contributed by atoms with Crippen LogP contribution in [-0.2, 0) is 17.8 Å². The van der Waals surface area contributed by atoms with E-state index in [2.05, 4.69) is 10.4 Å². The first-order valence-electron chi connectivity index (χ1n) is 7.06. The summed E-state index contributed by atoms with van der Waals surface area (Å²) in [6, 6.07) is 3.91. The molecule has 1 saturated heterocycles. The van der Waals surface area contributed by atoms with Crippen molar-refractivity contribution in [3.8, 4) is 5.75 Å². The number of phenols is 1. The summed E-state index contributed by atoms with van der Waals surface area (Å²) < 4.78 is 20.5. The van der Waals surface area contributed by atoms with E-state index in [0.29, 0.717) is 12.1 Å². The number of ether oxygens (including phenoxy) is 1. The Morgan fingerprint density at radius 2 is 2.38 bits per heavy atom. The summed E-state index contributed by atoms with van der Waals surface area (Å²) in [7, 11) is 0. The fourth-order valence-electron chi connectivity index (χ4n) is 2.44. The van der Waals surface area contributed by atoms with Gasteiger partial charge in [0.05, 0.1) is 24.5 Å². The number of phenolic OH excluding ortho intramolecular Hbond substituents is 1. The van der Waals surface area contributed by atoms with E-state index in [4.69, 9.17) is 4.74 Å². The SMILES string of the molecule is Oc1ccc(F)cc1CNc1cnn(CC2CCCO2)c1. The van der Waals surface area contributed by atoms with E-state index in [1.807, 2.05) is 10.9 Å². The van der Waals surface area contributed by atoms with Crippen LogP contribution < -0.4 is 5.32 Å². The smallest absolute Gasteiger partial charge is 0.123 e. The molecule has 1 atom stereocenters. The molecule has 1 aliphatic heterocycles. The van der Waals surface area contributed by atoms with E-state index in [1.165, 1.54) is 18.2 Å². The number of nitrogens with one attached hydrogen (secondary N) is 1. The molecule has 1 aliphatic rings. The molecule has 112 valence electrons. The Kier molecular flexibility index (Phi) is 4.06. The summed E-state index contributed by atoms with van der Waals surface area (Å²) in [6.45, 7) is 1.91. The lowest BCUT2D eigenvalue weighted by molar-refractivity contribution is 0.0940. The van der Waals surface area contributed by atoms with Gasteiger partial charge in [-0.1, -0.05) is 0 Å². The van der Waals surface area contributed by atoms with Gasteiger partial charge in [-0.3, -0.25) is 4.68 Å². The molecule has 2 heterocycles. The van der Waals surface area contributed by atoms with Crippen molar-refractivity contribution >= 4 is 5.69 Å². The molecule has 2 N–H and O–H groups in total. The van der Waals surface area contributed by atoms with Gasteiger partial charge in [0.25, 0.3) is 0 Å². The Bertz CT molecular complexity index is 609. The van der Waals surface area contributed by atoms with E-state index in [1.54, 1.807) is 6.20 Å². The zero-order valence-electron chi connectivity index (χ0n) is 11.6. The zero-order chi connectivity index (χ0) is 14.7. The number of anilines is 1. The lowest BCUT2D eigenvalue weighted by Gasteiger charge is -2.09. The van der Waals surface area contributed by atoms with Crippen LogP contribution in [0, 0.1) is 5.82 Å². The molecular weight excluding hydrogens is 273 g/mol. The Balaban J connectivity index is 1.58. The summed E-state index contributed by atoms with van der Waals surface area (Å²) in [5, 5.41) is 17.1. The second kappa shape index (κ2) is 6.13. The molecule has 0 aliphatic carbocycles. The summed E-state index contributed by atoms with van der Waals surface area (Å²) in [4.78, 5) is 0. The standard InChI is InChI=1S/C15H18FN3O2/c16-12-3-4-15(20)11(6-12)7-17-13-8-18-19(9-13)10-14-2-1-5-21-14/h3-4,6,8-9,14,17,20H,1-2,5,7,10H2. The van der Waals surface area contributed by atoms with E-state index in [0.717, 1.165) is 31.7 Å². The van der Waals surface area contributed by atoms with Gasteiger partial charge in [-0.2, -0.15) is 5.10 Å². The van der Waals surface area contributed by atoms with Crippen LogP contribution >= 0.6 is 0 Å². The highest BCUT2D eigenvalue weighted by Crippen LogP contribution is 2.20. The van der Waals surface area contributed by atoms with Crippen LogP contribution in [0.1, 0.15) is 18.4 Å². The Hall–Kier alpha value is -2.08. The number of hydrogen-bond donors (Lipinski definition) is 2. The first-order chi connectivity index (χ1) is 10.2. The summed E-state index contributed by atoms with van der Waals surface area (Å²) in [6.07, 6.45) is 6.02. The van der Waals surface area contributed by atoms with Gasteiger partial charge in [0.2, 0.25) is 0 Å². The topological polar surface area (TPSA) is 59.3 Å². The van der Waals surface area contributed by atoms with Crippen LogP contribution in [0.2, 0.25) is 0 Å².